The second kappa shape index (κ2) is 5.78. The van der Waals surface area contributed by atoms with Crippen molar-refractivity contribution in [1.29, 1.82) is 0 Å². The van der Waals surface area contributed by atoms with E-state index >= 15 is 0 Å². The SMILES string of the molecule is O=C(Cc1c[nH]c2cc(Cl)ccc12)N1CCC[C@@H]1c1ccc[nH]1. The van der Waals surface area contributed by atoms with Gasteiger partial charge in [0, 0.05) is 40.6 Å². The molecular weight excluding hydrogens is 310 g/mol. The summed E-state index contributed by atoms with van der Waals surface area (Å²) < 4.78 is 0. The van der Waals surface area contributed by atoms with E-state index in [4.69, 9.17) is 11.6 Å². The van der Waals surface area contributed by atoms with Gasteiger partial charge in [0.05, 0.1) is 12.5 Å². The van der Waals surface area contributed by atoms with Crippen LogP contribution in [0.1, 0.15) is 30.1 Å². The molecular formula is C18H18ClN3O. The van der Waals surface area contributed by atoms with E-state index in [9.17, 15) is 4.79 Å². The summed E-state index contributed by atoms with van der Waals surface area (Å²) in [6, 6.07) is 9.95. The number of amides is 1. The standard InChI is InChI=1S/C18H18ClN3O/c19-13-5-6-14-12(11-21-16(14)10-13)9-18(23)22-8-2-4-17(22)15-3-1-7-20-15/h1,3,5-7,10-11,17,20-21H,2,4,8-9H2/t17-/m1/s1. The van der Waals surface area contributed by atoms with Crippen LogP contribution < -0.4 is 0 Å². The molecule has 1 aliphatic heterocycles. The lowest BCUT2D eigenvalue weighted by atomic mass is 10.1. The Morgan fingerprint density at radius 3 is 3.04 bits per heavy atom. The Labute approximate surface area is 139 Å². The van der Waals surface area contributed by atoms with Gasteiger partial charge in [0.15, 0.2) is 0 Å². The molecule has 0 spiro atoms. The van der Waals surface area contributed by atoms with Crippen LogP contribution >= 0.6 is 11.6 Å². The second-order valence-electron chi connectivity index (χ2n) is 6.05. The van der Waals surface area contributed by atoms with Gasteiger partial charge in [-0.05, 0) is 42.7 Å². The Kier molecular flexibility index (Phi) is 3.62. The van der Waals surface area contributed by atoms with Gasteiger partial charge < -0.3 is 14.9 Å². The number of halogens is 1. The van der Waals surface area contributed by atoms with Crippen LogP contribution in [0.5, 0.6) is 0 Å². The lowest BCUT2D eigenvalue weighted by Gasteiger charge is -2.24. The number of hydrogen-bond donors (Lipinski definition) is 2. The zero-order chi connectivity index (χ0) is 15.8. The third kappa shape index (κ3) is 2.63. The fourth-order valence-electron chi connectivity index (χ4n) is 3.51. The number of nitrogens with zero attached hydrogens (tertiary/aromatic N) is 1. The van der Waals surface area contributed by atoms with E-state index in [1.807, 2.05) is 41.6 Å². The largest absolute Gasteiger partial charge is 0.363 e. The van der Waals surface area contributed by atoms with Crippen molar-refractivity contribution in [2.24, 2.45) is 0 Å². The molecule has 118 valence electrons. The van der Waals surface area contributed by atoms with E-state index in [-0.39, 0.29) is 11.9 Å². The molecule has 1 aromatic carbocycles. The van der Waals surface area contributed by atoms with E-state index in [1.165, 1.54) is 0 Å². The smallest absolute Gasteiger partial charge is 0.227 e. The molecule has 2 N–H and O–H groups in total. The Balaban J connectivity index is 1.57. The van der Waals surface area contributed by atoms with Gasteiger partial charge in [0.25, 0.3) is 0 Å². The number of carbonyl (C=O) groups excluding carboxylic acids is 1. The van der Waals surface area contributed by atoms with E-state index < -0.39 is 0 Å². The number of rotatable bonds is 3. The minimum atomic E-state index is 0.178. The first kappa shape index (κ1) is 14.4. The molecule has 1 saturated heterocycles. The predicted octanol–water partition coefficient (Wildman–Crippen LogP) is 4.06. The van der Waals surface area contributed by atoms with Gasteiger partial charge in [0.2, 0.25) is 5.91 Å². The third-order valence-electron chi connectivity index (χ3n) is 4.63. The topological polar surface area (TPSA) is 51.9 Å². The van der Waals surface area contributed by atoms with Crippen molar-refractivity contribution in [1.82, 2.24) is 14.9 Å². The van der Waals surface area contributed by atoms with Gasteiger partial charge in [-0.3, -0.25) is 4.79 Å². The number of nitrogens with one attached hydrogen (secondary N) is 2. The van der Waals surface area contributed by atoms with E-state index in [1.54, 1.807) is 0 Å². The average molecular weight is 328 g/mol. The number of hydrogen-bond acceptors (Lipinski definition) is 1. The van der Waals surface area contributed by atoms with Crippen molar-refractivity contribution in [3.63, 3.8) is 0 Å². The maximum atomic E-state index is 12.8. The number of H-pyrrole nitrogens is 2. The molecule has 1 aliphatic rings. The lowest BCUT2D eigenvalue weighted by molar-refractivity contribution is -0.131. The summed E-state index contributed by atoms with van der Waals surface area (Å²) in [6.45, 7) is 0.830. The van der Waals surface area contributed by atoms with Gasteiger partial charge in [-0.1, -0.05) is 17.7 Å². The number of likely N-dealkylation sites (tertiary alicyclic amines) is 1. The molecule has 0 aliphatic carbocycles. The van der Waals surface area contributed by atoms with Crippen molar-refractivity contribution in [2.75, 3.05) is 6.54 Å². The van der Waals surface area contributed by atoms with Crippen LogP contribution in [0.3, 0.4) is 0 Å². The first-order valence-corrected chi connectivity index (χ1v) is 8.28. The van der Waals surface area contributed by atoms with Crippen LogP contribution in [0.25, 0.3) is 10.9 Å². The highest BCUT2D eigenvalue weighted by Gasteiger charge is 2.30. The summed E-state index contributed by atoms with van der Waals surface area (Å²) in [5.74, 6) is 0.179. The van der Waals surface area contributed by atoms with E-state index in [2.05, 4.69) is 16.0 Å². The summed E-state index contributed by atoms with van der Waals surface area (Å²) >= 11 is 6.01. The van der Waals surface area contributed by atoms with Crippen molar-refractivity contribution in [2.45, 2.75) is 25.3 Å². The van der Waals surface area contributed by atoms with Gasteiger partial charge in [-0.25, -0.2) is 0 Å². The molecule has 2 aromatic heterocycles. The average Bonchev–Trinajstić information content (AvgIpc) is 3.27. The van der Waals surface area contributed by atoms with Gasteiger partial charge in [-0.15, -0.1) is 0 Å². The van der Waals surface area contributed by atoms with Gasteiger partial charge >= 0.3 is 0 Å². The van der Waals surface area contributed by atoms with Crippen LogP contribution in [-0.2, 0) is 11.2 Å². The molecule has 4 nitrogen and oxygen atoms in total. The summed E-state index contributed by atoms with van der Waals surface area (Å²) in [6.07, 6.45) is 6.33. The minimum Gasteiger partial charge on any atom is -0.363 e. The molecule has 0 unspecified atom stereocenters. The monoisotopic (exact) mass is 327 g/mol. The molecule has 23 heavy (non-hydrogen) atoms. The maximum Gasteiger partial charge on any atom is 0.227 e. The number of fused-ring (bicyclic) bond motifs is 1. The number of carbonyl (C=O) groups is 1. The maximum absolute atomic E-state index is 12.8. The first-order chi connectivity index (χ1) is 11.2. The number of aromatic amines is 2. The fourth-order valence-corrected chi connectivity index (χ4v) is 3.68. The Bertz CT molecular complexity index is 837. The zero-order valence-electron chi connectivity index (χ0n) is 12.7. The Morgan fingerprint density at radius 2 is 2.22 bits per heavy atom. The summed E-state index contributed by atoms with van der Waals surface area (Å²) in [5, 5.41) is 1.77. The summed E-state index contributed by atoms with van der Waals surface area (Å²) in [7, 11) is 0. The van der Waals surface area contributed by atoms with Crippen LogP contribution in [0.4, 0.5) is 0 Å². The highest BCUT2D eigenvalue weighted by molar-refractivity contribution is 6.31. The molecule has 4 rings (SSSR count). The molecule has 1 fully saturated rings. The molecule has 5 heteroatoms. The van der Waals surface area contributed by atoms with Crippen LogP contribution in [0.2, 0.25) is 5.02 Å². The number of benzene rings is 1. The molecule has 1 amide bonds. The first-order valence-electron chi connectivity index (χ1n) is 7.90. The third-order valence-corrected chi connectivity index (χ3v) is 4.86. The highest BCUT2D eigenvalue weighted by Crippen LogP contribution is 2.32. The predicted molar refractivity (Wildman–Crippen MR) is 91.5 cm³/mol. The van der Waals surface area contributed by atoms with Crippen molar-refractivity contribution in [3.8, 4) is 0 Å². The Morgan fingerprint density at radius 1 is 1.30 bits per heavy atom. The van der Waals surface area contributed by atoms with Gasteiger partial charge in [-0.2, -0.15) is 0 Å². The molecule has 3 heterocycles. The van der Waals surface area contributed by atoms with Crippen LogP contribution in [0, 0.1) is 0 Å². The van der Waals surface area contributed by atoms with Crippen LogP contribution in [0.15, 0.2) is 42.7 Å². The summed E-state index contributed by atoms with van der Waals surface area (Å²) in [5.41, 5.74) is 3.13. The Hall–Kier alpha value is -2.20. The molecule has 0 radical (unpaired) electrons. The lowest BCUT2D eigenvalue weighted by Crippen LogP contribution is -2.31. The van der Waals surface area contributed by atoms with Crippen LogP contribution in [-0.4, -0.2) is 27.3 Å². The number of aromatic nitrogens is 2. The van der Waals surface area contributed by atoms with E-state index in [0.29, 0.717) is 11.4 Å². The molecule has 1 atom stereocenters. The van der Waals surface area contributed by atoms with Crippen molar-refractivity contribution in [3.05, 3.63) is 59.0 Å². The molecule has 0 bridgehead atoms. The minimum absolute atomic E-state index is 0.178. The van der Waals surface area contributed by atoms with Crippen molar-refractivity contribution < 1.29 is 4.79 Å². The second-order valence-corrected chi connectivity index (χ2v) is 6.49. The molecule has 3 aromatic rings. The highest BCUT2D eigenvalue weighted by atomic mass is 35.5. The molecule has 0 saturated carbocycles. The quantitative estimate of drug-likeness (QED) is 0.749. The van der Waals surface area contributed by atoms with E-state index in [0.717, 1.165) is 41.5 Å². The summed E-state index contributed by atoms with van der Waals surface area (Å²) in [4.78, 5) is 21.2. The zero-order valence-corrected chi connectivity index (χ0v) is 13.4. The van der Waals surface area contributed by atoms with Crippen molar-refractivity contribution >= 4 is 28.4 Å². The fraction of sp³-hybridized carbons (Fsp3) is 0.278. The normalized spacial score (nSPS) is 18.0. The van der Waals surface area contributed by atoms with Gasteiger partial charge in [0.1, 0.15) is 0 Å².